The first kappa shape index (κ1) is 14.5. The van der Waals surface area contributed by atoms with Crippen molar-refractivity contribution in [2.75, 3.05) is 0 Å². The largest absolute Gasteiger partial charge is 0.358 e. The first-order chi connectivity index (χ1) is 11.0. The Hall–Kier alpha value is -3.42. The third-order valence-corrected chi connectivity index (χ3v) is 3.49. The van der Waals surface area contributed by atoms with E-state index in [2.05, 4.69) is 9.97 Å². The van der Waals surface area contributed by atoms with Gasteiger partial charge in [-0.2, -0.15) is 0 Å². The molecule has 0 radical (unpaired) electrons. The molecule has 0 bridgehead atoms. The lowest BCUT2D eigenvalue weighted by Gasteiger charge is -1.97. The van der Waals surface area contributed by atoms with Crippen LogP contribution < -0.4 is 11.2 Å². The number of fused-ring (bicyclic) bond motifs is 1. The van der Waals surface area contributed by atoms with Crippen molar-refractivity contribution in [1.82, 2.24) is 15.0 Å². The summed E-state index contributed by atoms with van der Waals surface area (Å²) in [7, 11) is 0. The van der Waals surface area contributed by atoms with Crippen molar-refractivity contribution in [2.45, 2.75) is 6.92 Å². The van der Waals surface area contributed by atoms with Gasteiger partial charge in [0.2, 0.25) is 0 Å². The van der Waals surface area contributed by atoms with E-state index in [1.54, 1.807) is 6.08 Å². The Labute approximate surface area is 128 Å². The molecule has 0 unspecified atom stereocenters. The first-order valence-corrected chi connectivity index (χ1v) is 6.74. The van der Waals surface area contributed by atoms with Crippen LogP contribution >= 0.6 is 0 Å². The summed E-state index contributed by atoms with van der Waals surface area (Å²) in [6.45, 7) is 1.87. The molecule has 8 nitrogen and oxygen atoms in total. The van der Waals surface area contributed by atoms with Gasteiger partial charge in [-0.15, -0.1) is 0 Å². The Balaban J connectivity index is 2.17. The van der Waals surface area contributed by atoms with E-state index in [0.717, 1.165) is 22.2 Å². The molecule has 0 atom stereocenters. The van der Waals surface area contributed by atoms with Crippen LogP contribution in [0.5, 0.6) is 0 Å². The van der Waals surface area contributed by atoms with E-state index in [1.807, 2.05) is 36.2 Å². The third-order valence-electron chi connectivity index (χ3n) is 3.49. The maximum atomic E-state index is 11.6. The Morgan fingerprint density at radius 2 is 1.83 bits per heavy atom. The number of aromatic amines is 3. The van der Waals surface area contributed by atoms with Crippen LogP contribution in [0, 0.1) is 17.0 Å². The van der Waals surface area contributed by atoms with E-state index < -0.39 is 21.9 Å². The second-order valence-electron chi connectivity index (χ2n) is 4.97. The number of hydrogen-bond donors (Lipinski definition) is 3. The molecule has 23 heavy (non-hydrogen) atoms. The molecule has 2 heterocycles. The van der Waals surface area contributed by atoms with Gasteiger partial charge in [0.05, 0.1) is 4.92 Å². The molecule has 0 amide bonds. The molecule has 0 aliphatic rings. The zero-order chi connectivity index (χ0) is 16.6. The molecule has 0 saturated carbocycles. The van der Waals surface area contributed by atoms with Gasteiger partial charge in [-0.3, -0.25) is 19.9 Å². The number of aryl methyl sites for hydroxylation is 1. The molecule has 0 aliphatic carbocycles. The van der Waals surface area contributed by atoms with Crippen LogP contribution in [0.25, 0.3) is 23.1 Å². The van der Waals surface area contributed by atoms with Crippen molar-refractivity contribution in [3.8, 4) is 0 Å². The van der Waals surface area contributed by atoms with Gasteiger partial charge in [-0.25, -0.2) is 4.79 Å². The molecule has 0 aliphatic heterocycles. The van der Waals surface area contributed by atoms with Crippen LogP contribution in [0.1, 0.15) is 17.0 Å². The highest BCUT2D eigenvalue weighted by atomic mass is 16.6. The maximum absolute atomic E-state index is 11.6. The van der Waals surface area contributed by atoms with Crippen LogP contribution in [0.3, 0.4) is 0 Å². The Morgan fingerprint density at radius 3 is 2.57 bits per heavy atom. The average Bonchev–Trinajstić information content (AvgIpc) is 2.79. The van der Waals surface area contributed by atoms with Crippen LogP contribution in [0.2, 0.25) is 0 Å². The second-order valence-corrected chi connectivity index (χ2v) is 4.97. The molecular weight excluding hydrogens is 300 g/mol. The van der Waals surface area contributed by atoms with Gasteiger partial charge in [0.1, 0.15) is 5.69 Å². The lowest BCUT2D eigenvalue weighted by Crippen LogP contribution is -2.25. The summed E-state index contributed by atoms with van der Waals surface area (Å²) in [5.41, 5.74) is -0.0383. The van der Waals surface area contributed by atoms with E-state index in [0.29, 0.717) is 0 Å². The van der Waals surface area contributed by atoms with Gasteiger partial charge >= 0.3 is 16.9 Å². The predicted octanol–water partition coefficient (Wildman–Crippen LogP) is 1.93. The summed E-state index contributed by atoms with van der Waals surface area (Å²) >= 11 is 0. The van der Waals surface area contributed by atoms with Crippen LogP contribution in [0.15, 0.2) is 33.9 Å². The van der Waals surface area contributed by atoms with E-state index in [9.17, 15) is 19.7 Å². The molecule has 0 fully saturated rings. The minimum atomic E-state index is -1.03. The average molecular weight is 312 g/mol. The van der Waals surface area contributed by atoms with Gasteiger partial charge in [0, 0.05) is 22.2 Å². The Bertz CT molecular complexity index is 1060. The minimum absolute atomic E-state index is 0.145. The number of para-hydroxylation sites is 1. The highest BCUT2D eigenvalue weighted by Crippen LogP contribution is 2.24. The van der Waals surface area contributed by atoms with Gasteiger partial charge in [-0.1, -0.05) is 24.3 Å². The summed E-state index contributed by atoms with van der Waals surface area (Å²) in [5, 5.41) is 12.0. The SMILES string of the molecule is Cc1[nH]c2ccccc2c1C=Cc1[nH]c(=O)[nH]c(=O)c1[N+](=O)[O-]. The minimum Gasteiger partial charge on any atom is -0.358 e. The molecule has 116 valence electrons. The topological polar surface area (TPSA) is 125 Å². The standard InChI is InChI=1S/C15H12N4O4/c1-8-9(10-4-2-3-5-11(10)16-8)6-7-12-13(19(22)23)14(20)18-15(21)17-12/h2-7,16H,1H3,(H2,17,18,20,21). The van der Waals surface area contributed by atoms with Crippen LogP contribution in [-0.4, -0.2) is 19.9 Å². The molecule has 3 rings (SSSR count). The molecule has 1 aromatic carbocycles. The molecule has 3 aromatic rings. The van der Waals surface area contributed by atoms with Crippen molar-refractivity contribution in [2.24, 2.45) is 0 Å². The molecular formula is C15H12N4O4. The fraction of sp³-hybridized carbons (Fsp3) is 0.0667. The van der Waals surface area contributed by atoms with E-state index in [1.165, 1.54) is 6.08 Å². The van der Waals surface area contributed by atoms with Gasteiger partial charge < -0.3 is 9.97 Å². The number of aromatic nitrogens is 3. The highest BCUT2D eigenvalue weighted by molar-refractivity contribution is 5.93. The van der Waals surface area contributed by atoms with Crippen LogP contribution in [-0.2, 0) is 0 Å². The fourth-order valence-corrected chi connectivity index (χ4v) is 2.48. The maximum Gasteiger partial charge on any atom is 0.357 e. The number of nitrogens with one attached hydrogen (secondary N) is 3. The lowest BCUT2D eigenvalue weighted by molar-refractivity contribution is -0.386. The third kappa shape index (κ3) is 2.57. The normalized spacial score (nSPS) is 11.3. The molecule has 3 N–H and O–H groups in total. The lowest BCUT2D eigenvalue weighted by atomic mass is 10.1. The van der Waals surface area contributed by atoms with E-state index in [-0.39, 0.29) is 5.69 Å². The summed E-state index contributed by atoms with van der Waals surface area (Å²) in [6, 6.07) is 7.60. The zero-order valence-electron chi connectivity index (χ0n) is 12.0. The summed E-state index contributed by atoms with van der Waals surface area (Å²) < 4.78 is 0. The number of rotatable bonds is 3. The highest BCUT2D eigenvalue weighted by Gasteiger charge is 2.19. The number of nitro groups is 1. The molecule has 0 saturated heterocycles. The Morgan fingerprint density at radius 1 is 1.09 bits per heavy atom. The molecule has 8 heteroatoms. The summed E-state index contributed by atoms with van der Waals surface area (Å²) in [4.78, 5) is 40.5. The monoisotopic (exact) mass is 312 g/mol. The number of hydrogen-bond acceptors (Lipinski definition) is 4. The van der Waals surface area contributed by atoms with Crippen molar-refractivity contribution >= 4 is 28.7 Å². The van der Waals surface area contributed by atoms with Crippen LogP contribution in [0.4, 0.5) is 5.69 Å². The quantitative estimate of drug-likeness (QED) is 0.504. The van der Waals surface area contributed by atoms with Gasteiger partial charge in [0.25, 0.3) is 0 Å². The number of benzene rings is 1. The van der Waals surface area contributed by atoms with E-state index in [4.69, 9.17) is 0 Å². The summed E-state index contributed by atoms with van der Waals surface area (Å²) in [5.74, 6) is 0. The Kier molecular flexibility index (Phi) is 3.41. The zero-order valence-corrected chi connectivity index (χ0v) is 12.0. The van der Waals surface area contributed by atoms with Crippen molar-refractivity contribution in [3.05, 3.63) is 72.2 Å². The fourth-order valence-electron chi connectivity index (χ4n) is 2.48. The summed E-state index contributed by atoms with van der Waals surface area (Å²) in [6.07, 6.45) is 2.99. The number of nitrogens with zero attached hydrogens (tertiary/aromatic N) is 1. The van der Waals surface area contributed by atoms with E-state index >= 15 is 0 Å². The molecule has 2 aromatic heterocycles. The first-order valence-electron chi connectivity index (χ1n) is 6.74. The van der Waals surface area contributed by atoms with Gasteiger partial charge in [0.15, 0.2) is 0 Å². The van der Waals surface area contributed by atoms with Crippen molar-refractivity contribution in [3.63, 3.8) is 0 Å². The smallest absolute Gasteiger partial charge is 0.357 e. The second kappa shape index (κ2) is 5.41. The van der Waals surface area contributed by atoms with Crippen molar-refractivity contribution in [1.29, 1.82) is 0 Å². The molecule has 0 spiro atoms. The predicted molar refractivity (Wildman–Crippen MR) is 86.3 cm³/mol. The van der Waals surface area contributed by atoms with Crippen molar-refractivity contribution < 1.29 is 4.92 Å². The number of H-pyrrole nitrogens is 3. The van der Waals surface area contributed by atoms with Gasteiger partial charge in [-0.05, 0) is 19.1 Å².